The van der Waals surface area contributed by atoms with Crippen molar-refractivity contribution >= 4 is 23.5 Å². The molecule has 0 aromatic carbocycles. The molecule has 92 valence electrons. The van der Waals surface area contributed by atoms with Crippen LogP contribution < -0.4 is 11.1 Å². The van der Waals surface area contributed by atoms with Gasteiger partial charge in [0.2, 0.25) is 5.91 Å². The van der Waals surface area contributed by atoms with Gasteiger partial charge >= 0.3 is 0 Å². The predicted molar refractivity (Wildman–Crippen MR) is 65.7 cm³/mol. The molecule has 1 aliphatic rings. The smallest absolute Gasteiger partial charge is 0.233 e. The summed E-state index contributed by atoms with van der Waals surface area (Å²) < 4.78 is 0. The minimum absolute atomic E-state index is 0.0374. The van der Waals surface area contributed by atoms with Gasteiger partial charge in [0.25, 0.3) is 0 Å². The highest BCUT2D eigenvalue weighted by atomic mass is 32.2. The number of amides is 1. The molecule has 0 saturated carbocycles. The molecule has 6 heteroatoms. The quantitative estimate of drug-likeness (QED) is 0.291. The van der Waals surface area contributed by atoms with Crippen LogP contribution in [0.25, 0.3) is 0 Å². The van der Waals surface area contributed by atoms with Crippen LogP contribution in [0.5, 0.6) is 0 Å². The molecule has 0 radical (unpaired) electrons. The molecular formula is C10H19N3O2S. The number of rotatable bonds is 5. The lowest BCUT2D eigenvalue weighted by molar-refractivity contribution is -0.121. The third-order valence-corrected chi connectivity index (χ3v) is 4.02. The third-order valence-electron chi connectivity index (χ3n) is 2.65. The molecule has 0 aromatic rings. The van der Waals surface area contributed by atoms with Crippen molar-refractivity contribution < 1.29 is 10.0 Å². The minimum Gasteiger partial charge on any atom is -0.409 e. The molecule has 1 rings (SSSR count). The van der Waals surface area contributed by atoms with E-state index >= 15 is 0 Å². The Morgan fingerprint density at radius 1 is 1.75 bits per heavy atom. The first-order chi connectivity index (χ1) is 7.67. The van der Waals surface area contributed by atoms with Gasteiger partial charge in [0.05, 0.1) is 5.25 Å². The zero-order valence-electron chi connectivity index (χ0n) is 9.48. The van der Waals surface area contributed by atoms with Gasteiger partial charge in [-0.05, 0) is 25.0 Å². The maximum absolute atomic E-state index is 11.8. The first kappa shape index (κ1) is 13.2. The maximum Gasteiger partial charge on any atom is 0.233 e. The molecule has 16 heavy (non-hydrogen) atoms. The van der Waals surface area contributed by atoms with Gasteiger partial charge in [0.15, 0.2) is 0 Å². The third kappa shape index (κ3) is 3.92. The lowest BCUT2D eigenvalue weighted by Crippen LogP contribution is -2.41. The summed E-state index contributed by atoms with van der Waals surface area (Å²) in [5.74, 6) is 1.31. The van der Waals surface area contributed by atoms with Crippen molar-refractivity contribution in [2.24, 2.45) is 10.9 Å². The molecule has 1 heterocycles. The molecular weight excluding hydrogens is 226 g/mol. The number of nitrogens with two attached hydrogens (primary N) is 1. The number of carbonyl (C=O) groups is 1. The summed E-state index contributed by atoms with van der Waals surface area (Å²) in [4.78, 5) is 11.8. The molecule has 1 fully saturated rings. The Morgan fingerprint density at radius 3 is 3.00 bits per heavy atom. The van der Waals surface area contributed by atoms with E-state index in [1.54, 1.807) is 11.8 Å². The minimum atomic E-state index is -0.0374. The van der Waals surface area contributed by atoms with Gasteiger partial charge in [-0.2, -0.15) is 0 Å². The zero-order valence-corrected chi connectivity index (χ0v) is 10.3. The van der Waals surface area contributed by atoms with Crippen LogP contribution in [-0.4, -0.2) is 34.0 Å². The molecule has 1 saturated heterocycles. The normalized spacial score (nSPS) is 23.1. The van der Waals surface area contributed by atoms with E-state index in [0.717, 1.165) is 25.0 Å². The van der Waals surface area contributed by atoms with Crippen molar-refractivity contribution in [2.45, 2.75) is 43.9 Å². The van der Waals surface area contributed by atoms with E-state index in [1.165, 1.54) is 0 Å². The SMILES string of the molecule is CCC(CC(N)=NO)NC(=O)C1CCCS1. The zero-order chi connectivity index (χ0) is 12.0. The van der Waals surface area contributed by atoms with Crippen molar-refractivity contribution in [3.05, 3.63) is 0 Å². The van der Waals surface area contributed by atoms with Crippen molar-refractivity contribution in [3.63, 3.8) is 0 Å². The van der Waals surface area contributed by atoms with Gasteiger partial charge in [-0.1, -0.05) is 12.1 Å². The number of carbonyl (C=O) groups excluding carboxylic acids is 1. The maximum atomic E-state index is 11.8. The fourth-order valence-corrected chi connectivity index (χ4v) is 2.84. The highest BCUT2D eigenvalue weighted by Crippen LogP contribution is 2.26. The molecule has 0 spiro atoms. The molecule has 1 amide bonds. The van der Waals surface area contributed by atoms with E-state index < -0.39 is 0 Å². The number of nitrogens with zero attached hydrogens (tertiary/aromatic N) is 1. The number of thioether (sulfide) groups is 1. The van der Waals surface area contributed by atoms with Gasteiger partial charge in [0, 0.05) is 12.5 Å². The first-order valence-electron chi connectivity index (χ1n) is 5.55. The largest absolute Gasteiger partial charge is 0.409 e. The monoisotopic (exact) mass is 245 g/mol. The molecule has 0 bridgehead atoms. The van der Waals surface area contributed by atoms with Crippen LogP contribution in [0.15, 0.2) is 5.16 Å². The molecule has 2 unspecified atom stereocenters. The Kier molecular flexibility index (Phi) is 5.45. The fourth-order valence-electron chi connectivity index (χ4n) is 1.67. The Morgan fingerprint density at radius 2 is 2.50 bits per heavy atom. The van der Waals surface area contributed by atoms with E-state index in [4.69, 9.17) is 10.9 Å². The van der Waals surface area contributed by atoms with Crippen molar-refractivity contribution in [1.82, 2.24) is 5.32 Å². The second-order valence-corrected chi connectivity index (χ2v) is 5.22. The van der Waals surface area contributed by atoms with Gasteiger partial charge in [-0.15, -0.1) is 11.8 Å². The van der Waals surface area contributed by atoms with Crippen molar-refractivity contribution in [2.75, 3.05) is 5.75 Å². The van der Waals surface area contributed by atoms with Crippen LogP contribution in [0.3, 0.4) is 0 Å². The van der Waals surface area contributed by atoms with Crippen LogP contribution in [0.2, 0.25) is 0 Å². The van der Waals surface area contributed by atoms with E-state index in [-0.39, 0.29) is 23.0 Å². The fraction of sp³-hybridized carbons (Fsp3) is 0.800. The average Bonchev–Trinajstić information content (AvgIpc) is 2.81. The number of hydrogen-bond donors (Lipinski definition) is 3. The van der Waals surface area contributed by atoms with Crippen molar-refractivity contribution in [1.29, 1.82) is 0 Å². The molecule has 5 nitrogen and oxygen atoms in total. The Bertz CT molecular complexity index is 265. The summed E-state index contributed by atoms with van der Waals surface area (Å²) in [6.45, 7) is 1.97. The summed E-state index contributed by atoms with van der Waals surface area (Å²) in [5, 5.41) is 14.4. The number of hydrogen-bond acceptors (Lipinski definition) is 4. The van der Waals surface area contributed by atoms with E-state index in [0.29, 0.717) is 6.42 Å². The van der Waals surface area contributed by atoms with Gasteiger partial charge in [0.1, 0.15) is 5.84 Å². The summed E-state index contributed by atoms with van der Waals surface area (Å²) in [6, 6.07) is -0.0374. The van der Waals surface area contributed by atoms with E-state index in [2.05, 4.69) is 10.5 Å². The predicted octanol–water partition coefficient (Wildman–Crippen LogP) is 0.913. The summed E-state index contributed by atoms with van der Waals surface area (Å²) in [5.41, 5.74) is 5.42. The first-order valence-corrected chi connectivity index (χ1v) is 6.60. The van der Waals surface area contributed by atoms with Crippen LogP contribution in [-0.2, 0) is 4.79 Å². The summed E-state index contributed by atoms with van der Waals surface area (Å²) in [6.07, 6.45) is 3.24. The lowest BCUT2D eigenvalue weighted by Gasteiger charge is -2.18. The van der Waals surface area contributed by atoms with Gasteiger partial charge < -0.3 is 16.3 Å². The van der Waals surface area contributed by atoms with Gasteiger partial charge in [-0.25, -0.2) is 0 Å². The Hall–Kier alpha value is -0.910. The standard InChI is InChI=1S/C10H19N3O2S/c1-2-7(6-9(11)13-15)12-10(14)8-4-3-5-16-8/h7-8,15H,2-6H2,1H3,(H2,11,13)(H,12,14). The molecule has 0 aromatic heterocycles. The lowest BCUT2D eigenvalue weighted by atomic mass is 10.1. The van der Waals surface area contributed by atoms with Gasteiger partial charge in [-0.3, -0.25) is 4.79 Å². The topological polar surface area (TPSA) is 87.7 Å². The molecule has 4 N–H and O–H groups in total. The van der Waals surface area contributed by atoms with Crippen molar-refractivity contribution in [3.8, 4) is 0 Å². The van der Waals surface area contributed by atoms with E-state index in [9.17, 15) is 4.79 Å². The number of amidine groups is 1. The molecule has 1 aliphatic heterocycles. The highest BCUT2D eigenvalue weighted by molar-refractivity contribution is 8.00. The van der Waals surface area contributed by atoms with Crippen LogP contribution in [0, 0.1) is 0 Å². The van der Waals surface area contributed by atoms with Crippen LogP contribution in [0.1, 0.15) is 32.6 Å². The average molecular weight is 245 g/mol. The Labute approximate surface area is 99.8 Å². The summed E-state index contributed by atoms with van der Waals surface area (Å²) >= 11 is 1.70. The van der Waals surface area contributed by atoms with Crippen LogP contribution in [0.4, 0.5) is 0 Å². The van der Waals surface area contributed by atoms with Crippen LogP contribution >= 0.6 is 11.8 Å². The second-order valence-electron chi connectivity index (χ2n) is 3.91. The Balaban J connectivity index is 2.39. The van der Waals surface area contributed by atoms with E-state index in [1.807, 2.05) is 6.92 Å². The summed E-state index contributed by atoms with van der Waals surface area (Å²) in [7, 11) is 0. The molecule has 0 aliphatic carbocycles. The second kappa shape index (κ2) is 6.62. The number of nitrogens with one attached hydrogen (secondary N) is 1. The highest BCUT2D eigenvalue weighted by Gasteiger charge is 2.25. The number of oxime groups is 1. The molecule has 2 atom stereocenters.